The molecule has 3 amide bonds. The average Bonchev–Trinajstić information content (AvgIpc) is 3.53. The van der Waals surface area contributed by atoms with E-state index in [-0.39, 0.29) is 17.9 Å². The fourth-order valence-corrected chi connectivity index (χ4v) is 4.08. The third kappa shape index (κ3) is 4.80. The predicted molar refractivity (Wildman–Crippen MR) is 104 cm³/mol. The van der Waals surface area contributed by atoms with Crippen molar-refractivity contribution in [3.8, 4) is 0 Å². The Morgan fingerprint density at radius 1 is 0.926 bits per heavy atom. The minimum atomic E-state index is -0.0376. The molecule has 0 aromatic heterocycles. The number of nitrogens with one attached hydrogen (secondary N) is 1. The average molecular weight is 370 g/mol. The van der Waals surface area contributed by atoms with Gasteiger partial charge in [0.25, 0.3) is 0 Å². The number of urea groups is 1. The number of benzene rings is 1. The van der Waals surface area contributed by atoms with Gasteiger partial charge in [-0.15, -0.1) is 0 Å². The molecule has 27 heavy (non-hydrogen) atoms. The number of rotatable bonds is 4. The number of likely N-dealkylation sites (tertiary alicyclic amines) is 1. The van der Waals surface area contributed by atoms with E-state index >= 15 is 0 Å². The van der Waals surface area contributed by atoms with Crippen LogP contribution in [0.25, 0.3) is 0 Å². The normalized spacial score (nSPS) is 23.9. The Balaban J connectivity index is 1.25. The van der Waals surface area contributed by atoms with Gasteiger partial charge >= 0.3 is 6.03 Å². The molecule has 0 radical (unpaired) electrons. The molecule has 2 heterocycles. The Labute approximate surface area is 161 Å². The summed E-state index contributed by atoms with van der Waals surface area (Å²) in [6.45, 7) is 5.70. The summed E-state index contributed by atoms with van der Waals surface area (Å²) in [5.74, 6) is 0.197. The third-order valence-electron chi connectivity index (χ3n) is 5.90. The molecule has 4 rings (SSSR count). The second-order valence-electron chi connectivity index (χ2n) is 8.10. The minimum Gasteiger partial charge on any atom is -0.340 e. The van der Waals surface area contributed by atoms with Gasteiger partial charge in [0, 0.05) is 51.9 Å². The van der Waals surface area contributed by atoms with Crippen LogP contribution in [0, 0.1) is 5.92 Å². The molecule has 6 heteroatoms. The van der Waals surface area contributed by atoms with Crippen molar-refractivity contribution in [2.45, 2.75) is 38.3 Å². The number of carbonyl (C=O) groups is 2. The highest BCUT2D eigenvalue weighted by Crippen LogP contribution is 2.23. The molecule has 1 N–H and O–H groups in total. The fraction of sp³-hybridized carbons (Fsp3) is 0.619. The lowest BCUT2D eigenvalue weighted by Gasteiger charge is -2.39. The first-order chi connectivity index (χ1) is 13.2. The summed E-state index contributed by atoms with van der Waals surface area (Å²) in [6.07, 6.45) is 4.00. The monoisotopic (exact) mass is 370 g/mol. The molecule has 3 fully saturated rings. The van der Waals surface area contributed by atoms with Crippen molar-refractivity contribution in [3.63, 3.8) is 0 Å². The smallest absolute Gasteiger partial charge is 0.317 e. The summed E-state index contributed by atoms with van der Waals surface area (Å²) in [5.41, 5.74) is 1.32. The topological polar surface area (TPSA) is 55.9 Å². The molecule has 1 unspecified atom stereocenters. The van der Waals surface area contributed by atoms with Gasteiger partial charge in [0.1, 0.15) is 0 Å². The molecule has 3 aliphatic rings. The fourth-order valence-electron chi connectivity index (χ4n) is 4.08. The molecule has 1 aromatic carbocycles. The Morgan fingerprint density at radius 2 is 1.67 bits per heavy atom. The van der Waals surface area contributed by atoms with Gasteiger partial charge in [-0.2, -0.15) is 0 Å². The second kappa shape index (κ2) is 8.30. The van der Waals surface area contributed by atoms with Crippen molar-refractivity contribution in [1.82, 2.24) is 20.0 Å². The zero-order valence-corrected chi connectivity index (χ0v) is 16.0. The van der Waals surface area contributed by atoms with Crippen LogP contribution in [-0.2, 0) is 11.3 Å². The molecule has 2 saturated heterocycles. The lowest BCUT2D eigenvalue weighted by molar-refractivity contribution is -0.138. The van der Waals surface area contributed by atoms with Crippen LogP contribution in [0.5, 0.6) is 0 Å². The molecule has 0 bridgehead atoms. The van der Waals surface area contributed by atoms with Crippen molar-refractivity contribution < 1.29 is 9.59 Å². The van der Waals surface area contributed by atoms with E-state index in [1.807, 2.05) is 15.9 Å². The molecular weight excluding hydrogens is 340 g/mol. The lowest BCUT2D eigenvalue weighted by atomic mass is 9.96. The van der Waals surface area contributed by atoms with E-state index < -0.39 is 0 Å². The number of hydrogen-bond acceptors (Lipinski definition) is 3. The summed E-state index contributed by atoms with van der Waals surface area (Å²) < 4.78 is 0. The minimum absolute atomic E-state index is 0.0164. The number of piperidine rings is 1. The lowest BCUT2D eigenvalue weighted by Crippen LogP contribution is -2.53. The first kappa shape index (κ1) is 18.3. The van der Waals surface area contributed by atoms with Gasteiger partial charge in [-0.3, -0.25) is 9.69 Å². The van der Waals surface area contributed by atoms with E-state index in [1.54, 1.807) is 0 Å². The van der Waals surface area contributed by atoms with E-state index in [2.05, 4.69) is 34.5 Å². The maximum absolute atomic E-state index is 13.0. The maximum Gasteiger partial charge on any atom is 0.317 e. The van der Waals surface area contributed by atoms with Gasteiger partial charge in [-0.1, -0.05) is 30.3 Å². The van der Waals surface area contributed by atoms with Crippen LogP contribution < -0.4 is 5.32 Å². The van der Waals surface area contributed by atoms with Gasteiger partial charge in [0.15, 0.2) is 0 Å². The van der Waals surface area contributed by atoms with E-state index in [1.165, 1.54) is 5.56 Å². The van der Waals surface area contributed by atoms with Crippen LogP contribution in [-0.4, -0.2) is 71.9 Å². The number of nitrogens with zero attached hydrogens (tertiary/aromatic N) is 3. The van der Waals surface area contributed by atoms with Crippen LogP contribution in [0.3, 0.4) is 0 Å². The van der Waals surface area contributed by atoms with Gasteiger partial charge in [0.2, 0.25) is 5.91 Å². The van der Waals surface area contributed by atoms with Gasteiger partial charge in [-0.05, 0) is 31.2 Å². The van der Waals surface area contributed by atoms with Crippen molar-refractivity contribution in [2.24, 2.45) is 5.92 Å². The van der Waals surface area contributed by atoms with Crippen LogP contribution in [0.2, 0.25) is 0 Å². The first-order valence-corrected chi connectivity index (χ1v) is 10.3. The van der Waals surface area contributed by atoms with Crippen LogP contribution in [0.4, 0.5) is 4.79 Å². The molecule has 6 nitrogen and oxygen atoms in total. The maximum atomic E-state index is 13.0. The molecule has 1 atom stereocenters. The zero-order chi connectivity index (χ0) is 18.6. The van der Waals surface area contributed by atoms with Crippen molar-refractivity contribution in [2.75, 3.05) is 39.3 Å². The molecule has 0 spiro atoms. The molecule has 2 aliphatic heterocycles. The summed E-state index contributed by atoms with van der Waals surface area (Å²) in [7, 11) is 0. The highest BCUT2D eigenvalue weighted by molar-refractivity contribution is 5.81. The number of hydrogen-bond donors (Lipinski definition) is 1. The van der Waals surface area contributed by atoms with E-state index in [4.69, 9.17) is 0 Å². The van der Waals surface area contributed by atoms with Crippen LogP contribution >= 0.6 is 0 Å². The molecule has 1 aliphatic carbocycles. The van der Waals surface area contributed by atoms with Gasteiger partial charge in [0.05, 0.1) is 5.92 Å². The van der Waals surface area contributed by atoms with Gasteiger partial charge < -0.3 is 15.1 Å². The third-order valence-corrected chi connectivity index (χ3v) is 5.90. The summed E-state index contributed by atoms with van der Waals surface area (Å²) in [5, 5.41) is 3.05. The number of piperazine rings is 1. The summed E-state index contributed by atoms with van der Waals surface area (Å²) in [6, 6.07) is 10.9. The Morgan fingerprint density at radius 3 is 2.37 bits per heavy atom. The molecule has 146 valence electrons. The predicted octanol–water partition coefficient (Wildman–Crippen LogP) is 1.91. The van der Waals surface area contributed by atoms with Crippen molar-refractivity contribution in [1.29, 1.82) is 0 Å². The van der Waals surface area contributed by atoms with E-state index in [0.717, 1.165) is 65.0 Å². The highest BCUT2D eigenvalue weighted by Gasteiger charge is 2.34. The van der Waals surface area contributed by atoms with E-state index in [0.29, 0.717) is 12.6 Å². The second-order valence-corrected chi connectivity index (χ2v) is 8.10. The van der Waals surface area contributed by atoms with Gasteiger partial charge in [-0.25, -0.2) is 4.79 Å². The largest absolute Gasteiger partial charge is 0.340 e. The molecule has 1 saturated carbocycles. The van der Waals surface area contributed by atoms with Crippen LogP contribution in [0.1, 0.15) is 31.2 Å². The Kier molecular flexibility index (Phi) is 5.62. The quantitative estimate of drug-likeness (QED) is 0.881. The van der Waals surface area contributed by atoms with E-state index in [9.17, 15) is 9.59 Å². The summed E-state index contributed by atoms with van der Waals surface area (Å²) >= 11 is 0. The zero-order valence-electron chi connectivity index (χ0n) is 16.0. The number of amides is 3. The Bertz CT molecular complexity index is 653. The standard InChI is InChI=1S/C21H30N4O2/c26-20(18-7-4-10-25(16-18)21(27)22-19-8-9-19)24-13-11-23(12-14-24)15-17-5-2-1-3-6-17/h1-3,5-6,18-19H,4,7-16H2,(H,22,27). The number of carbonyl (C=O) groups excluding carboxylic acids is 2. The SMILES string of the molecule is O=C(NC1CC1)N1CCCC(C(=O)N2CCN(Cc3ccccc3)CC2)C1. The molecular formula is C21H30N4O2. The van der Waals surface area contributed by atoms with Crippen LogP contribution in [0.15, 0.2) is 30.3 Å². The summed E-state index contributed by atoms with van der Waals surface area (Å²) in [4.78, 5) is 31.5. The first-order valence-electron chi connectivity index (χ1n) is 10.3. The highest BCUT2D eigenvalue weighted by atomic mass is 16.2. The Hall–Kier alpha value is -2.08. The molecule has 1 aromatic rings. The van der Waals surface area contributed by atoms with Crippen molar-refractivity contribution in [3.05, 3.63) is 35.9 Å². The van der Waals surface area contributed by atoms with Crippen molar-refractivity contribution >= 4 is 11.9 Å².